The first-order chi connectivity index (χ1) is 11.8. The summed E-state index contributed by atoms with van der Waals surface area (Å²) in [5, 5.41) is 10.6. The number of hydrogen-bond donors (Lipinski definition) is 2. The molecule has 136 valence electrons. The Morgan fingerprint density at radius 1 is 1.29 bits per heavy atom. The lowest BCUT2D eigenvalue weighted by Crippen LogP contribution is -2.38. The van der Waals surface area contributed by atoms with E-state index in [1.54, 1.807) is 0 Å². The van der Waals surface area contributed by atoms with E-state index in [4.69, 9.17) is 9.26 Å². The second-order valence-corrected chi connectivity index (χ2v) is 6.24. The van der Waals surface area contributed by atoms with Gasteiger partial charge in [0.2, 0.25) is 0 Å². The molecule has 2 N–H and O–H groups in total. The molecule has 6 nitrogen and oxygen atoms in total. The van der Waals surface area contributed by atoms with Crippen LogP contribution in [0.1, 0.15) is 63.8 Å². The van der Waals surface area contributed by atoms with Gasteiger partial charge in [-0.05, 0) is 32.6 Å². The zero-order chi connectivity index (χ0) is 17.0. The molecule has 2 rings (SSSR count). The minimum Gasteiger partial charge on any atom is -0.378 e. The lowest BCUT2D eigenvalue weighted by molar-refractivity contribution is 0.0277. The zero-order valence-electron chi connectivity index (χ0n) is 15.1. The van der Waals surface area contributed by atoms with Crippen LogP contribution in [0.15, 0.2) is 15.6 Å². The molecule has 1 aliphatic rings. The topological polar surface area (TPSA) is 71.7 Å². The Hall–Kier alpha value is -1.56. The summed E-state index contributed by atoms with van der Waals surface area (Å²) in [5.41, 5.74) is 0.970. The maximum atomic E-state index is 5.95. The first-order valence-corrected chi connectivity index (χ1v) is 9.40. The second-order valence-electron chi connectivity index (χ2n) is 6.24. The lowest BCUT2D eigenvalue weighted by Gasteiger charge is -2.22. The van der Waals surface area contributed by atoms with E-state index in [9.17, 15) is 0 Å². The van der Waals surface area contributed by atoms with E-state index in [0.717, 1.165) is 50.0 Å². The van der Waals surface area contributed by atoms with Crippen molar-refractivity contribution in [3.8, 4) is 0 Å². The molecule has 1 saturated carbocycles. The average Bonchev–Trinajstić information content (AvgIpc) is 3.08. The fourth-order valence-electron chi connectivity index (χ4n) is 2.86. The Labute approximate surface area is 145 Å². The maximum Gasteiger partial charge on any atom is 0.191 e. The number of nitrogens with zero attached hydrogens (tertiary/aromatic N) is 2. The molecule has 1 aromatic heterocycles. The Morgan fingerprint density at radius 2 is 2.12 bits per heavy atom. The van der Waals surface area contributed by atoms with Crippen LogP contribution >= 0.6 is 0 Å². The van der Waals surface area contributed by atoms with Crippen LogP contribution in [-0.4, -0.2) is 36.9 Å². The van der Waals surface area contributed by atoms with Gasteiger partial charge in [0.15, 0.2) is 11.7 Å². The molecule has 0 aliphatic heterocycles. The van der Waals surface area contributed by atoms with E-state index in [2.05, 4.69) is 34.6 Å². The van der Waals surface area contributed by atoms with Crippen molar-refractivity contribution in [1.82, 2.24) is 15.8 Å². The van der Waals surface area contributed by atoms with Gasteiger partial charge in [0, 0.05) is 25.8 Å². The first kappa shape index (κ1) is 18.8. The van der Waals surface area contributed by atoms with E-state index in [1.807, 2.05) is 6.07 Å². The summed E-state index contributed by atoms with van der Waals surface area (Å²) in [7, 11) is 0. The van der Waals surface area contributed by atoms with Crippen LogP contribution in [-0.2, 0) is 17.7 Å². The van der Waals surface area contributed by atoms with Gasteiger partial charge in [-0.3, -0.25) is 0 Å². The molecule has 0 bridgehead atoms. The Bertz CT molecular complexity index is 481. The molecule has 1 aromatic rings. The average molecular weight is 336 g/mol. The number of rotatable bonds is 9. The molecule has 0 amide bonds. The summed E-state index contributed by atoms with van der Waals surface area (Å²) >= 11 is 0. The lowest BCUT2D eigenvalue weighted by atomic mass is 9.98. The number of ether oxygens (including phenoxy) is 1. The first-order valence-electron chi connectivity index (χ1n) is 9.40. The van der Waals surface area contributed by atoms with Gasteiger partial charge in [0.25, 0.3) is 0 Å². The highest BCUT2D eigenvalue weighted by molar-refractivity contribution is 5.79. The predicted molar refractivity (Wildman–Crippen MR) is 96.1 cm³/mol. The number of nitrogens with one attached hydrogen (secondary N) is 2. The highest BCUT2D eigenvalue weighted by Gasteiger charge is 2.13. The second kappa shape index (κ2) is 11.1. The number of hydrogen-bond acceptors (Lipinski definition) is 4. The molecular formula is C18H32N4O2. The minimum absolute atomic E-state index is 0.486. The molecule has 0 aromatic carbocycles. The fourth-order valence-corrected chi connectivity index (χ4v) is 2.86. The van der Waals surface area contributed by atoms with Crippen LogP contribution in [0, 0.1) is 0 Å². The third kappa shape index (κ3) is 6.91. The van der Waals surface area contributed by atoms with Crippen LogP contribution in [0.2, 0.25) is 0 Å². The van der Waals surface area contributed by atoms with Gasteiger partial charge in [-0.25, -0.2) is 4.99 Å². The van der Waals surface area contributed by atoms with Gasteiger partial charge < -0.3 is 19.9 Å². The number of guanidine groups is 1. The van der Waals surface area contributed by atoms with Gasteiger partial charge in [-0.2, -0.15) is 0 Å². The van der Waals surface area contributed by atoms with Crippen molar-refractivity contribution >= 4 is 5.96 Å². The molecular weight excluding hydrogens is 304 g/mol. The number of aromatic nitrogens is 1. The molecule has 1 heterocycles. The van der Waals surface area contributed by atoms with Gasteiger partial charge in [0.05, 0.1) is 11.8 Å². The van der Waals surface area contributed by atoms with Crippen molar-refractivity contribution < 1.29 is 9.26 Å². The quantitative estimate of drug-likeness (QED) is 0.412. The van der Waals surface area contributed by atoms with E-state index in [1.165, 1.54) is 32.1 Å². The molecule has 0 radical (unpaired) electrons. The molecule has 0 unspecified atom stereocenters. The summed E-state index contributed by atoms with van der Waals surface area (Å²) in [6.07, 6.45) is 8.83. The van der Waals surface area contributed by atoms with Crippen LogP contribution in [0.4, 0.5) is 0 Å². The van der Waals surface area contributed by atoms with Gasteiger partial charge >= 0.3 is 0 Å². The van der Waals surface area contributed by atoms with Crippen LogP contribution in [0.25, 0.3) is 0 Å². The van der Waals surface area contributed by atoms with Crippen LogP contribution < -0.4 is 10.6 Å². The maximum absolute atomic E-state index is 5.95. The minimum atomic E-state index is 0.486. The van der Waals surface area contributed by atoms with Crippen molar-refractivity contribution in [2.24, 2.45) is 4.99 Å². The molecule has 0 spiro atoms. The van der Waals surface area contributed by atoms with Crippen molar-refractivity contribution in [3.05, 3.63) is 17.5 Å². The summed E-state index contributed by atoms with van der Waals surface area (Å²) in [6, 6.07) is 1.96. The summed E-state index contributed by atoms with van der Waals surface area (Å²) < 4.78 is 11.2. The Morgan fingerprint density at radius 3 is 2.83 bits per heavy atom. The highest BCUT2D eigenvalue weighted by atomic mass is 16.5. The summed E-state index contributed by atoms with van der Waals surface area (Å²) in [6.45, 7) is 7.13. The van der Waals surface area contributed by atoms with E-state index in [0.29, 0.717) is 12.6 Å². The molecule has 0 atom stereocenters. The Balaban J connectivity index is 1.65. The molecule has 0 saturated heterocycles. The Kier molecular flexibility index (Phi) is 8.66. The van der Waals surface area contributed by atoms with Gasteiger partial charge in [-0.1, -0.05) is 31.3 Å². The summed E-state index contributed by atoms with van der Waals surface area (Å²) in [5.74, 6) is 1.61. The van der Waals surface area contributed by atoms with E-state index in [-0.39, 0.29) is 0 Å². The monoisotopic (exact) mass is 336 g/mol. The molecule has 1 fully saturated rings. The molecule has 6 heteroatoms. The molecule has 24 heavy (non-hydrogen) atoms. The fraction of sp³-hybridized carbons (Fsp3) is 0.778. The summed E-state index contributed by atoms with van der Waals surface area (Å²) in [4.78, 5) is 4.54. The van der Waals surface area contributed by atoms with Crippen molar-refractivity contribution in [3.63, 3.8) is 0 Å². The van der Waals surface area contributed by atoms with Crippen LogP contribution in [0.3, 0.4) is 0 Å². The van der Waals surface area contributed by atoms with E-state index < -0.39 is 0 Å². The smallest absolute Gasteiger partial charge is 0.191 e. The third-order valence-corrected chi connectivity index (χ3v) is 4.23. The normalized spacial score (nSPS) is 16.3. The van der Waals surface area contributed by atoms with Crippen molar-refractivity contribution in [2.75, 3.05) is 19.7 Å². The standard InChI is InChI=1S/C18H32N4O2/c1-3-15-13-17(24-22-15)14-21-18(19-4-2)20-11-8-12-23-16-9-6-5-7-10-16/h13,16H,3-12,14H2,1-2H3,(H2,19,20,21). The predicted octanol–water partition coefficient (Wildman–Crippen LogP) is 3.03. The number of aryl methyl sites for hydroxylation is 1. The molecule has 1 aliphatic carbocycles. The van der Waals surface area contributed by atoms with Crippen molar-refractivity contribution in [2.45, 2.75) is 71.4 Å². The highest BCUT2D eigenvalue weighted by Crippen LogP contribution is 2.20. The largest absolute Gasteiger partial charge is 0.378 e. The van der Waals surface area contributed by atoms with Crippen LogP contribution in [0.5, 0.6) is 0 Å². The van der Waals surface area contributed by atoms with Gasteiger partial charge in [0.1, 0.15) is 6.54 Å². The van der Waals surface area contributed by atoms with Gasteiger partial charge in [-0.15, -0.1) is 0 Å². The van der Waals surface area contributed by atoms with Crippen molar-refractivity contribution in [1.29, 1.82) is 0 Å². The van der Waals surface area contributed by atoms with E-state index >= 15 is 0 Å². The SMILES string of the molecule is CCNC(=NCc1cc(CC)no1)NCCCOC1CCCCC1. The third-order valence-electron chi connectivity index (χ3n) is 4.23. The number of aliphatic imine (C=N–C) groups is 1. The zero-order valence-corrected chi connectivity index (χ0v) is 15.1.